The summed E-state index contributed by atoms with van der Waals surface area (Å²) in [7, 11) is 3.51. The zero-order chi connectivity index (χ0) is 17.6. The molecule has 4 rings (SSSR count). The number of hydrazine groups is 1. The van der Waals surface area contributed by atoms with Gasteiger partial charge in [0.1, 0.15) is 5.75 Å². The number of hydrogen-bond acceptors (Lipinski definition) is 5. The first-order valence-electron chi connectivity index (χ1n) is 7.80. The van der Waals surface area contributed by atoms with Crippen molar-refractivity contribution in [3.63, 3.8) is 0 Å². The lowest BCUT2D eigenvalue weighted by molar-refractivity contribution is 0.0732. The lowest BCUT2D eigenvalue weighted by Gasteiger charge is -2.38. The molecule has 0 radical (unpaired) electrons. The van der Waals surface area contributed by atoms with Crippen LogP contribution in [0.15, 0.2) is 36.7 Å². The number of carbonyl (C=O) groups is 1. The summed E-state index contributed by atoms with van der Waals surface area (Å²) in [6.45, 7) is 0.567. The standard InChI is InChI=1S/C17H16ClN5O2/c1-21-15-4-3-13(25-2)7-11(15)5-6-23(21)17(24)14-8-16-19-9-12(18)10-22(16)20-14/h3-4,7-10H,5-6H2,1-2H3. The highest BCUT2D eigenvalue weighted by atomic mass is 35.5. The van der Waals surface area contributed by atoms with Gasteiger partial charge >= 0.3 is 0 Å². The molecule has 3 heterocycles. The SMILES string of the molecule is COc1ccc2c(c1)CCN(C(=O)c1cc3ncc(Cl)cn3n1)N2C. The minimum absolute atomic E-state index is 0.175. The van der Waals surface area contributed by atoms with Crippen LogP contribution in [0.25, 0.3) is 5.65 Å². The van der Waals surface area contributed by atoms with Crippen LogP contribution in [0.3, 0.4) is 0 Å². The van der Waals surface area contributed by atoms with Gasteiger partial charge in [-0.1, -0.05) is 11.6 Å². The zero-order valence-electron chi connectivity index (χ0n) is 13.8. The summed E-state index contributed by atoms with van der Waals surface area (Å²) >= 11 is 5.92. The third kappa shape index (κ3) is 2.66. The van der Waals surface area contributed by atoms with Crippen LogP contribution < -0.4 is 9.75 Å². The maximum Gasteiger partial charge on any atom is 0.292 e. The Balaban J connectivity index is 1.65. The van der Waals surface area contributed by atoms with E-state index in [1.54, 1.807) is 24.4 Å². The molecule has 8 heteroatoms. The van der Waals surface area contributed by atoms with E-state index in [0.29, 0.717) is 22.9 Å². The van der Waals surface area contributed by atoms with Gasteiger partial charge in [0, 0.05) is 25.9 Å². The molecule has 0 N–H and O–H groups in total. The van der Waals surface area contributed by atoms with Gasteiger partial charge in [0.25, 0.3) is 5.91 Å². The van der Waals surface area contributed by atoms with E-state index in [9.17, 15) is 4.79 Å². The average molecular weight is 358 g/mol. The summed E-state index contributed by atoms with van der Waals surface area (Å²) in [6.07, 6.45) is 3.91. The number of hydrogen-bond donors (Lipinski definition) is 0. The Morgan fingerprint density at radius 2 is 2.16 bits per heavy atom. The van der Waals surface area contributed by atoms with Gasteiger partial charge in [-0.05, 0) is 30.2 Å². The van der Waals surface area contributed by atoms with Crippen molar-refractivity contribution in [3.8, 4) is 5.75 Å². The summed E-state index contributed by atoms with van der Waals surface area (Å²) < 4.78 is 6.79. The minimum Gasteiger partial charge on any atom is -0.497 e. The van der Waals surface area contributed by atoms with E-state index < -0.39 is 0 Å². The van der Waals surface area contributed by atoms with Crippen LogP contribution in [0.4, 0.5) is 5.69 Å². The average Bonchev–Trinajstić information content (AvgIpc) is 3.04. The molecule has 0 bridgehead atoms. The van der Waals surface area contributed by atoms with Crippen LogP contribution in [-0.2, 0) is 6.42 Å². The molecule has 3 aromatic rings. The third-order valence-electron chi connectivity index (χ3n) is 4.33. The first kappa shape index (κ1) is 15.7. The van der Waals surface area contributed by atoms with Crippen molar-refractivity contribution < 1.29 is 9.53 Å². The number of carbonyl (C=O) groups excluding carboxylic acids is 1. The highest BCUT2D eigenvalue weighted by Gasteiger charge is 2.28. The van der Waals surface area contributed by atoms with E-state index in [2.05, 4.69) is 10.1 Å². The number of fused-ring (bicyclic) bond motifs is 2. The van der Waals surface area contributed by atoms with Crippen molar-refractivity contribution in [1.29, 1.82) is 0 Å². The van der Waals surface area contributed by atoms with E-state index in [1.165, 1.54) is 10.7 Å². The summed E-state index contributed by atoms with van der Waals surface area (Å²) in [5.41, 5.74) is 3.04. The largest absolute Gasteiger partial charge is 0.497 e. The Labute approximate surface area is 149 Å². The maximum atomic E-state index is 12.9. The van der Waals surface area contributed by atoms with Crippen LogP contribution in [0.1, 0.15) is 16.1 Å². The first-order valence-corrected chi connectivity index (χ1v) is 8.18. The number of methoxy groups -OCH3 is 1. The fourth-order valence-electron chi connectivity index (χ4n) is 3.04. The molecule has 7 nitrogen and oxygen atoms in total. The molecule has 0 fully saturated rings. The second-order valence-electron chi connectivity index (χ2n) is 5.80. The summed E-state index contributed by atoms with van der Waals surface area (Å²) in [5, 5.41) is 8.29. The lowest BCUT2D eigenvalue weighted by atomic mass is 10.1. The topological polar surface area (TPSA) is 63.0 Å². The van der Waals surface area contributed by atoms with Crippen molar-refractivity contribution in [3.05, 3.63) is 52.9 Å². The first-order chi connectivity index (χ1) is 12.1. The van der Waals surface area contributed by atoms with Gasteiger partial charge in [0.05, 0.1) is 24.0 Å². The Morgan fingerprint density at radius 1 is 1.32 bits per heavy atom. The number of aromatic nitrogens is 3. The van der Waals surface area contributed by atoms with E-state index in [1.807, 2.05) is 30.3 Å². The van der Waals surface area contributed by atoms with Gasteiger partial charge in [0.15, 0.2) is 11.3 Å². The van der Waals surface area contributed by atoms with Crippen molar-refractivity contribution >= 4 is 28.8 Å². The van der Waals surface area contributed by atoms with E-state index in [0.717, 1.165) is 23.4 Å². The molecule has 0 saturated heterocycles. The molecule has 0 spiro atoms. The molecule has 128 valence electrons. The van der Waals surface area contributed by atoms with E-state index >= 15 is 0 Å². The van der Waals surface area contributed by atoms with Gasteiger partial charge in [-0.15, -0.1) is 0 Å². The summed E-state index contributed by atoms with van der Waals surface area (Å²) in [6, 6.07) is 7.51. The van der Waals surface area contributed by atoms with Crippen LogP contribution in [-0.4, -0.2) is 46.2 Å². The highest BCUT2D eigenvalue weighted by molar-refractivity contribution is 6.30. The number of rotatable bonds is 2. The molecule has 2 aromatic heterocycles. The number of anilines is 1. The second kappa shape index (κ2) is 5.93. The van der Waals surface area contributed by atoms with Gasteiger partial charge in [0.2, 0.25) is 0 Å². The highest BCUT2D eigenvalue weighted by Crippen LogP contribution is 2.30. The van der Waals surface area contributed by atoms with Crippen LogP contribution in [0.2, 0.25) is 5.02 Å². The quantitative estimate of drug-likeness (QED) is 0.705. The fraction of sp³-hybridized carbons (Fsp3) is 0.235. The third-order valence-corrected chi connectivity index (χ3v) is 4.52. The molecule has 1 amide bonds. The number of benzene rings is 1. The summed E-state index contributed by atoms with van der Waals surface area (Å²) in [4.78, 5) is 17.1. The minimum atomic E-state index is -0.175. The molecule has 1 aliphatic rings. The lowest BCUT2D eigenvalue weighted by Crippen LogP contribution is -2.48. The maximum absolute atomic E-state index is 12.9. The second-order valence-corrected chi connectivity index (χ2v) is 6.24. The van der Waals surface area contributed by atoms with Crippen molar-refractivity contribution in [1.82, 2.24) is 19.6 Å². The Bertz CT molecular complexity index is 971. The predicted octanol–water partition coefficient (Wildman–Crippen LogP) is 2.44. The van der Waals surface area contributed by atoms with Gasteiger partial charge in [-0.2, -0.15) is 5.10 Å². The number of amides is 1. The smallest absolute Gasteiger partial charge is 0.292 e. The monoisotopic (exact) mass is 357 g/mol. The van der Waals surface area contributed by atoms with E-state index in [-0.39, 0.29) is 5.91 Å². The van der Waals surface area contributed by atoms with Gasteiger partial charge in [-0.25, -0.2) is 14.5 Å². The number of halogens is 1. The molecule has 0 atom stereocenters. The zero-order valence-corrected chi connectivity index (χ0v) is 14.6. The van der Waals surface area contributed by atoms with Gasteiger partial charge < -0.3 is 4.74 Å². The molecule has 0 saturated carbocycles. The normalized spacial score (nSPS) is 13.9. The van der Waals surface area contributed by atoms with E-state index in [4.69, 9.17) is 16.3 Å². The fourth-order valence-corrected chi connectivity index (χ4v) is 3.18. The van der Waals surface area contributed by atoms with Gasteiger partial charge in [-0.3, -0.25) is 9.80 Å². The summed E-state index contributed by atoms with van der Waals surface area (Å²) in [5.74, 6) is 0.640. The number of ether oxygens (including phenoxy) is 1. The van der Waals surface area contributed by atoms with Crippen molar-refractivity contribution in [2.24, 2.45) is 0 Å². The Kier molecular flexibility index (Phi) is 3.73. The molecule has 1 aromatic carbocycles. The molecule has 25 heavy (non-hydrogen) atoms. The van der Waals surface area contributed by atoms with Crippen LogP contribution in [0, 0.1) is 0 Å². The predicted molar refractivity (Wildman–Crippen MR) is 94.1 cm³/mol. The van der Waals surface area contributed by atoms with Crippen LogP contribution in [0.5, 0.6) is 5.75 Å². The molecule has 1 aliphatic heterocycles. The number of nitrogens with zero attached hydrogens (tertiary/aromatic N) is 5. The molecular formula is C17H16ClN5O2. The van der Waals surface area contributed by atoms with Crippen molar-refractivity contribution in [2.45, 2.75) is 6.42 Å². The van der Waals surface area contributed by atoms with Crippen molar-refractivity contribution in [2.75, 3.05) is 25.7 Å². The molecular weight excluding hydrogens is 342 g/mol. The molecule has 0 aliphatic carbocycles. The molecule has 0 unspecified atom stereocenters. The Morgan fingerprint density at radius 3 is 2.96 bits per heavy atom. The Hall–Kier alpha value is -2.80. The van der Waals surface area contributed by atoms with Crippen LogP contribution >= 0.6 is 11.6 Å².